The Morgan fingerprint density at radius 1 is 0.972 bits per heavy atom. The number of carbonyl (C=O) groups excluding carboxylic acids is 1. The van der Waals surface area contributed by atoms with Crippen LogP contribution in [0.4, 0.5) is 9.93 Å². The molecule has 0 spiro atoms. The van der Waals surface area contributed by atoms with Crippen LogP contribution < -0.4 is 25.4 Å². The first kappa shape index (κ1) is 26.5. The monoisotopic (exact) mass is 522 g/mol. The summed E-state index contributed by atoms with van der Waals surface area (Å²) in [6.45, 7) is 0.726. The summed E-state index contributed by atoms with van der Waals surface area (Å²) in [5.41, 5.74) is 1.68. The zero-order valence-electron chi connectivity index (χ0n) is 19.1. The fraction of sp³-hybridized carbons (Fsp3) is 0.409. The molecule has 1 aliphatic heterocycles. The third-order valence-electron chi connectivity index (χ3n) is 5.22. The van der Waals surface area contributed by atoms with Gasteiger partial charge in [-0.1, -0.05) is 0 Å². The molecule has 1 unspecified atom stereocenters. The Labute approximate surface area is 209 Å². The number of thiazole rings is 1. The van der Waals surface area contributed by atoms with Crippen LogP contribution in [0.3, 0.4) is 0 Å². The van der Waals surface area contributed by atoms with Crippen molar-refractivity contribution < 1.29 is 44.0 Å². The number of rotatable bonds is 14. The fourth-order valence-corrected chi connectivity index (χ4v) is 4.10. The van der Waals surface area contributed by atoms with Gasteiger partial charge in [0, 0.05) is 23.9 Å². The van der Waals surface area contributed by atoms with E-state index >= 15 is 0 Å². The van der Waals surface area contributed by atoms with Crippen LogP contribution in [0.5, 0.6) is 11.5 Å². The van der Waals surface area contributed by atoms with Crippen LogP contribution in [0.15, 0.2) is 23.6 Å². The van der Waals surface area contributed by atoms with Crippen LogP contribution in [0.25, 0.3) is 11.3 Å². The van der Waals surface area contributed by atoms with Crippen LogP contribution in [0.1, 0.15) is 32.1 Å². The molecule has 0 saturated heterocycles. The summed E-state index contributed by atoms with van der Waals surface area (Å²) >= 11 is 1.43. The van der Waals surface area contributed by atoms with E-state index in [-0.39, 0.29) is 19.6 Å². The number of benzene rings is 1. The molecule has 1 aromatic heterocycles. The third-order valence-corrected chi connectivity index (χ3v) is 6.02. The highest BCUT2D eigenvalue weighted by atomic mass is 32.1. The van der Waals surface area contributed by atoms with E-state index in [1.165, 1.54) is 11.3 Å². The molecule has 3 rings (SSSR count). The predicted octanol–water partition coefficient (Wildman–Crippen LogP) is 2.19. The molecule has 13 nitrogen and oxygen atoms in total. The van der Waals surface area contributed by atoms with E-state index in [0.29, 0.717) is 36.0 Å². The van der Waals surface area contributed by atoms with Crippen molar-refractivity contribution in [2.45, 2.75) is 44.2 Å². The highest BCUT2D eigenvalue weighted by Gasteiger charge is 2.24. The SMILES string of the molecule is O=C(O)CCC(NC(=O)N[C@@H](CCCCNc1nc(-c2ccc3c(c2)OCO3)cs1)C(=O)O)C(=O)O. The molecule has 2 aromatic rings. The lowest BCUT2D eigenvalue weighted by Crippen LogP contribution is -2.51. The zero-order chi connectivity index (χ0) is 26.1. The number of aliphatic carboxylic acids is 3. The molecule has 2 amide bonds. The second-order valence-corrected chi connectivity index (χ2v) is 8.72. The molecule has 6 N–H and O–H groups in total. The molecule has 2 heterocycles. The summed E-state index contributed by atoms with van der Waals surface area (Å²) in [6, 6.07) is 1.93. The van der Waals surface area contributed by atoms with Gasteiger partial charge in [0.15, 0.2) is 16.6 Å². The number of fused-ring (bicyclic) bond motifs is 1. The predicted molar refractivity (Wildman–Crippen MR) is 127 cm³/mol. The number of amides is 2. The molecular weight excluding hydrogens is 496 g/mol. The average Bonchev–Trinajstić information content (AvgIpc) is 3.49. The first-order valence-electron chi connectivity index (χ1n) is 11.1. The van der Waals surface area contributed by atoms with Gasteiger partial charge in [0.2, 0.25) is 6.79 Å². The van der Waals surface area contributed by atoms with Crippen LogP contribution in [-0.4, -0.2) is 69.7 Å². The van der Waals surface area contributed by atoms with Gasteiger partial charge in [-0.15, -0.1) is 11.3 Å². The van der Waals surface area contributed by atoms with E-state index in [9.17, 15) is 24.3 Å². The Hall–Kier alpha value is -4.07. The van der Waals surface area contributed by atoms with E-state index in [2.05, 4.69) is 20.9 Å². The van der Waals surface area contributed by atoms with Crippen LogP contribution in [0.2, 0.25) is 0 Å². The largest absolute Gasteiger partial charge is 0.481 e. The Balaban J connectivity index is 1.40. The maximum absolute atomic E-state index is 12.0. The number of hydrogen-bond donors (Lipinski definition) is 6. The minimum atomic E-state index is -1.44. The van der Waals surface area contributed by atoms with Crippen LogP contribution in [-0.2, 0) is 14.4 Å². The summed E-state index contributed by atoms with van der Waals surface area (Å²) in [6.07, 6.45) is 0.407. The van der Waals surface area contributed by atoms with E-state index in [0.717, 1.165) is 11.3 Å². The Bertz CT molecular complexity index is 1110. The van der Waals surface area contributed by atoms with E-state index in [4.69, 9.17) is 19.7 Å². The van der Waals surface area contributed by atoms with Gasteiger partial charge in [0.1, 0.15) is 12.1 Å². The lowest BCUT2D eigenvalue weighted by molar-refractivity contribution is -0.140. The van der Waals surface area contributed by atoms with E-state index in [1.807, 2.05) is 23.6 Å². The maximum Gasteiger partial charge on any atom is 0.326 e. The number of ether oxygens (including phenoxy) is 2. The van der Waals surface area contributed by atoms with Crippen molar-refractivity contribution in [2.75, 3.05) is 18.7 Å². The van der Waals surface area contributed by atoms with E-state index < -0.39 is 42.4 Å². The topological polar surface area (TPSA) is 196 Å². The summed E-state index contributed by atoms with van der Waals surface area (Å²) < 4.78 is 10.7. The third kappa shape index (κ3) is 7.73. The number of carboxylic acids is 3. The van der Waals surface area contributed by atoms with Gasteiger partial charge in [0.25, 0.3) is 0 Å². The maximum atomic E-state index is 12.0. The van der Waals surface area contributed by atoms with Gasteiger partial charge in [-0.2, -0.15) is 0 Å². The number of nitrogens with zero attached hydrogens (tertiary/aromatic N) is 1. The van der Waals surface area contributed by atoms with Crippen molar-refractivity contribution in [3.05, 3.63) is 23.6 Å². The van der Waals surface area contributed by atoms with Crippen molar-refractivity contribution >= 4 is 40.4 Å². The minimum Gasteiger partial charge on any atom is -0.481 e. The fourth-order valence-electron chi connectivity index (χ4n) is 3.35. The molecule has 0 fully saturated rings. The molecule has 1 aliphatic rings. The van der Waals surface area contributed by atoms with Gasteiger partial charge in [-0.25, -0.2) is 19.4 Å². The molecule has 0 aliphatic carbocycles. The molecule has 194 valence electrons. The number of urea groups is 1. The molecular formula is C22H26N4O9S. The molecule has 2 atom stereocenters. The zero-order valence-corrected chi connectivity index (χ0v) is 19.9. The number of nitrogens with one attached hydrogen (secondary N) is 3. The molecule has 0 saturated carbocycles. The minimum absolute atomic E-state index is 0.123. The van der Waals surface area contributed by atoms with Crippen molar-refractivity contribution in [3.63, 3.8) is 0 Å². The average molecular weight is 523 g/mol. The summed E-state index contributed by atoms with van der Waals surface area (Å²) in [5.74, 6) is -2.51. The second-order valence-electron chi connectivity index (χ2n) is 7.86. The van der Waals surface area contributed by atoms with Gasteiger partial charge in [0.05, 0.1) is 5.69 Å². The molecule has 36 heavy (non-hydrogen) atoms. The highest BCUT2D eigenvalue weighted by molar-refractivity contribution is 7.14. The van der Waals surface area contributed by atoms with Gasteiger partial charge in [-0.05, 0) is 43.9 Å². The Morgan fingerprint density at radius 2 is 1.67 bits per heavy atom. The lowest BCUT2D eigenvalue weighted by atomic mass is 10.1. The first-order valence-corrected chi connectivity index (χ1v) is 11.9. The first-order chi connectivity index (χ1) is 17.2. The van der Waals surface area contributed by atoms with Crippen LogP contribution in [0, 0.1) is 0 Å². The molecule has 0 radical (unpaired) electrons. The number of anilines is 1. The Kier molecular flexibility index (Phi) is 9.27. The number of carboxylic acid groups (broad SMARTS) is 3. The standard InChI is InChI=1S/C22H26N4O9S/c27-18(28)7-5-14(20(31)32)25-21(33)24-13(19(29)30)3-1-2-8-23-22-26-15(10-36-22)12-4-6-16-17(9-12)35-11-34-16/h4,6,9-10,13-14H,1-3,5,7-8,11H2,(H,23,26)(H,27,28)(H,29,30)(H,31,32)(H2,24,25,33)/t13-,14?/m0/s1. The molecule has 14 heteroatoms. The number of hydrogen-bond acceptors (Lipinski definition) is 9. The Morgan fingerprint density at radius 3 is 2.36 bits per heavy atom. The molecule has 0 bridgehead atoms. The molecule has 1 aromatic carbocycles. The second kappa shape index (κ2) is 12.6. The van der Waals surface area contributed by atoms with Gasteiger partial charge < -0.3 is 40.7 Å². The van der Waals surface area contributed by atoms with Crippen molar-refractivity contribution in [1.29, 1.82) is 0 Å². The summed E-state index contributed by atoms with van der Waals surface area (Å²) in [7, 11) is 0. The normalized spacial score (nSPS) is 13.4. The van der Waals surface area contributed by atoms with Gasteiger partial charge >= 0.3 is 23.9 Å². The van der Waals surface area contributed by atoms with Crippen LogP contribution >= 0.6 is 11.3 Å². The summed E-state index contributed by atoms with van der Waals surface area (Å²) in [4.78, 5) is 49.9. The van der Waals surface area contributed by atoms with Crippen molar-refractivity contribution in [3.8, 4) is 22.8 Å². The van der Waals surface area contributed by atoms with Crippen molar-refractivity contribution in [2.24, 2.45) is 0 Å². The van der Waals surface area contributed by atoms with E-state index in [1.54, 1.807) is 0 Å². The smallest absolute Gasteiger partial charge is 0.326 e. The quantitative estimate of drug-likeness (QED) is 0.199. The highest BCUT2D eigenvalue weighted by Crippen LogP contribution is 2.36. The number of aromatic nitrogens is 1. The summed E-state index contributed by atoms with van der Waals surface area (Å²) in [5, 5.41) is 37.3. The number of unbranched alkanes of at least 4 members (excludes halogenated alkanes) is 1. The number of carbonyl (C=O) groups is 4. The van der Waals surface area contributed by atoms with Gasteiger partial charge in [-0.3, -0.25) is 4.79 Å². The van der Waals surface area contributed by atoms with Crippen molar-refractivity contribution in [1.82, 2.24) is 15.6 Å². The lowest BCUT2D eigenvalue weighted by Gasteiger charge is -2.18.